The van der Waals surface area contributed by atoms with E-state index in [0.29, 0.717) is 13.1 Å². The Labute approximate surface area is 76.9 Å². The maximum absolute atomic E-state index is 11.4. The van der Waals surface area contributed by atoms with Crippen LogP contribution < -0.4 is 11.1 Å². The molecule has 1 aromatic rings. The van der Waals surface area contributed by atoms with Gasteiger partial charge in [-0.25, -0.2) is 0 Å². The van der Waals surface area contributed by atoms with Crippen molar-refractivity contribution in [2.24, 2.45) is 5.73 Å². The highest BCUT2D eigenvalue weighted by atomic mass is 16.2. The van der Waals surface area contributed by atoms with Gasteiger partial charge >= 0.3 is 0 Å². The van der Waals surface area contributed by atoms with Gasteiger partial charge in [0, 0.05) is 25.5 Å². The number of aromatic nitrogens is 2. The predicted molar refractivity (Wildman–Crippen MR) is 49.0 cm³/mol. The third kappa shape index (κ3) is 2.55. The number of carbonyl (C=O) groups excluding carboxylic acids is 1. The second-order valence-corrected chi connectivity index (χ2v) is 2.74. The van der Waals surface area contributed by atoms with Crippen molar-refractivity contribution < 1.29 is 4.79 Å². The van der Waals surface area contributed by atoms with Crippen LogP contribution in [0.15, 0.2) is 18.5 Å². The van der Waals surface area contributed by atoms with Gasteiger partial charge in [0.1, 0.15) is 6.04 Å². The molecule has 0 aliphatic heterocycles. The summed E-state index contributed by atoms with van der Waals surface area (Å²) in [6.07, 6.45) is 3.40. The van der Waals surface area contributed by atoms with Gasteiger partial charge in [0.05, 0.1) is 0 Å². The molecule has 5 heteroatoms. The Bertz CT molecular complexity index is 257. The second-order valence-electron chi connectivity index (χ2n) is 2.74. The number of nitrogens with two attached hydrogens (primary N) is 1. The highest BCUT2D eigenvalue weighted by Gasteiger charge is 2.13. The van der Waals surface area contributed by atoms with E-state index in [9.17, 15) is 4.79 Å². The van der Waals surface area contributed by atoms with Crippen molar-refractivity contribution in [2.45, 2.75) is 13.0 Å². The fourth-order valence-electron chi connectivity index (χ4n) is 0.973. The maximum Gasteiger partial charge on any atom is 0.244 e. The first-order valence-electron chi connectivity index (χ1n) is 4.22. The van der Waals surface area contributed by atoms with Gasteiger partial charge in [-0.15, -0.1) is 0 Å². The van der Waals surface area contributed by atoms with Crippen LogP contribution >= 0.6 is 0 Å². The lowest BCUT2D eigenvalue weighted by Crippen LogP contribution is -2.34. The molecule has 0 saturated heterocycles. The van der Waals surface area contributed by atoms with E-state index in [2.05, 4.69) is 10.4 Å². The largest absolute Gasteiger partial charge is 0.353 e. The van der Waals surface area contributed by atoms with Crippen LogP contribution in [0.4, 0.5) is 0 Å². The van der Waals surface area contributed by atoms with Crippen molar-refractivity contribution >= 4 is 5.91 Å². The van der Waals surface area contributed by atoms with Crippen molar-refractivity contribution in [2.75, 3.05) is 13.1 Å². The van der Waals surface area contributed by atoms with Gasteiger partial charge < -0.3 is 11.1 Å². The number of hydrogen-bond acceptors (Lipinski definition) is 3. The summed E-state index contributed by atoms with van der Waals surface area (Å²) in [5.41, 5.74) is 5.26. The van der Waals surface area contributed by atoms with E-state index >= 15 is 0 Å². The molecular formula is C8H14N4O. The van der Waals surface area contributed by atoms with Crippen LogP contribution in [0.5, 0.6) is 0 Å². The van der Waals surface area contributed by atoms with Crippen molar-refractivity contribution in [1.29, 1.82) is 0 Å². The molecule has 1 atom stereocenters. The molecule has 1 aromatic heterocycles. The second kappa shape index (κ2) is 4.61. The van der Waals surface area contributed by atoms with Crippen LogP contribution in [0.3, 0.4) is 0 Å². The number of amides is 1. The molecule has 1 rings (SSSR count). The van der Waals surface area contributed by atoms with Gasteiger partial charge in [-0.05, 0) is 13.0 Å². The summed E-state index contributed by atoms with van der Waals surface area (Å²) in [5.74, 6) is -0.0610. The van der Waals surface area contributed by atoms with Crippen molar-refractivity contribution in [3.05, 3.63) is 18.5 Å². The fourth-order valence-corrected chi connectivity index (χ4v) is 0.973. The fraction of sp³-hybridized carbons (Fsp3) is 0.500. The van der Waals surface area contributed by atoms with Crippen LogP contribution in [-0.2, 0) is 4.79 Å². The molecule has 72 valence electrons. The molecule has 0 aliphatic rings. The zero-order valence-corrected chi connectivity index (χ0v) is 7.60. The SMILES string of the molecule is CC(C(=O)NCCN)n1cccn1. The number of carbonyl (C=O) groups is 1. The molecule has 3 N–H and O–H groups in total. The maximum atomic E-state index is 11.4. The van der Waals surface area contributed by atoms with Crippen LogP contribution in [-0.4, -0.2) is 28.8 Å². The molecule has 0 aromatic carbocycles. The normalized spacial score (nSPS) is 12.5. The highest BCUT2D eigenvalue weighted by Crippen LogP contribution is 2.01. The minimum absolute atomic E-state index is 0.0610. The number of nitrogens with zero attached hydrogens (tertiary/aromatic N) is 2. The Morgan fingerprint density at radius 2 is 2.54 bits per heavy atom. The highest BCUT2D eigenvalue weighted by molar-refractivity contribution is 5.79. The first-order chi connectivity index (χ1) is 6.25. The summed E-state index contributed by atoms with van der Waals surface area (Å²) in [6, 6.07) is 1.51. The van der Waals surface area contributed by atoms with E-state index in [1.54, 1.807) is 30.1 Å². The first kappa shape index (κ1) is 9.73. The Balaban J connectivity index is 2.48. The summed E-state index contributed by atoms with van der Waals surface area (Å²) in [4.78, 5) is 11.4. The van der Waals surface area contributed by atoms with Crippen LogP contribution in [0.1, 0.15) is 13.0 Å². The molecule has 0 radical (unpaired) electrons. The van der Waals surface area contributed by atoms with E-state index in [4.69, 9.17) is 5.73 Å². The van der Waals surface area contributed by atoms with Gasteiger partial charge in [-0.1, -0.05) is 0 Å². The Morgan fingerprint density at radius 3 is 3.08 bits per heavy atom. The topological polar surface area (TPSA) is 72.9 Å². The summed E-state index contributed by atoms with van der Waals surface area (Å²) >= 11 is 0. The van der Waals surface area contributed by atoms with Gasteiger partial charge in [-0.3, -0.25) is 9.48 Å². The van der Waals surface area contributed by atoms with E-state index in [1.807, 2.05) is 0 Å². The molecule has 0 bridgehead atoms. The molecule has 0 saturated carbocycles. The average Bonchev–Trinajstić information content (AvgIpc) is 2.65. The zero-order chi connectivity index (χ0) is 9.68. The lowest BCUT2D eigenvalue weighted by atomic mass is 10.3. The average molecular weight is 182 g/mol. The standard InChI is InChI=1S/C8H14N4O/c1-7(8(13)10-5-3-9)12-6-2-4-11-12/h2,4,6-7H,3,5,9H2,1H3,(H,10,13). The third-order valence-electron chi connectivity index (χ3n) is 1.74. The minimum Gasteiger partial charge on any atom is -0.353 e. The minimum atomic E-state index is -0.276. The molecular weight excluding hydrogens is 168 g/mol. The molecule has 1 heterocycles. The zero-order valence-electron chi connectivity index (χ0n) is 7.60. The van der Waals surface area contributed by atoms with Crippen molar-refractivity contribution in [1.82, 2.24) is 15.1 Å². The summed E-state index contributed by atoms with van der Waals surface area (Å²) in [6.45, 7) is 2.75. The first-order valence-corrected chi connectivity index (χ1v) is 4.22. The van der Waals surface area contributed by atoms with Gasteiger partial charge in [-0.2, -0.15) is 5.10 Å². The van der Waals surface area contributed by atoms with E-state index in [0.717, 1.165) is 0 Å². The van der Waals surface area contributed by atoms with Gasteiger partial charge in [0.2, 0.25) is 5.91 Å². The monoisotopic (exact) mass is 182 g/mol. The Morgan fingerprint density at radius 1 is 1.77 bits per heavy atom. The lowest BCUT2D eigenvalue weighted by Gasteiger charge is -2.11. The summed E-state index contributed by atoms with van der Waals surface area (Å²) in [7, 11) is 0. The summed E-state index contributed by atoms with van der Waals surface area (Å²) in [5, 5.41) is 6.67. The number of rotatable bonds is 4. The molecule has 0 spiro atoms. The van der Waals surface area contributed by atoms with Crippen molar-refractivity contribution in [3.63, 3.8) is 0 Å². The smallest absolute Gasteiger partial charge is 0.244 e. The number of hydrogen-bond donors (Lipinski definition) is 2. The summed E-state index contributed by atoms with van der Waals surface area (Å²) < 4.78 is 1.60. The Kier molecular flexibility index (Phi) is 3.45. The number of nitrogens with one attached hydrogen (secondary N) is 1. The Hall–Kier alpha value is -1.36. The molecule has 1 unspecified atom stereocenters. The van der Waals surface area contributed by atoms with Crippen molar-refractivity contribution in [3.8, 4) is 0 Å². The van der Waals surface area contributed by atoms with E-state index < -0.39 is 0 Å². The van der Waals surface area contributed by atoms with E-state index in [1.165, 1.54) is 0 Å². The quantitative estimate of drug-likeness (QED) is 0.660. The third-order valence-corrected chi connectivity index (χ3v) is 1.74. The molecule has 0 aliphatic carbocycles. The molecule has 5 nitrogen and oxygen atoms in total. The van der Waals surface area contributed by atoms with Crippen LogP contribution in [0.2, 0.25) is 0 Å². The van der Waals surface area contributed by atoms with E-state index in [-0.39, 0.29) is 11.9 Å². The molecule has 0 fully saturated rings. The predicted octanol–water partition coefficient (Wildman–Crippen LogP) is -0.481. The lowest BCUT2D eigenvalue weighted by molar-refractivity contribution is -0.124. The molecule has 13 heavy (non-hydrogen) atoms. The van der Waals surface area contributed by atoms with Crippen LogP contribution in [0.25, 0.3) is 0 Å². The van der Waals surface area contributed by atoms with Gasteiger partial charge in [0.15, 0.2) is 0 Å². The molecule has 1 amide bonds. The van der Waals surface area contributed by atoms with Gasteiger partial charge in [0.25, 0.3) is 0 Å². The van der Waals surface area contributed by atoms with Crippen LogP contribution in [0, 0.1) is 0 Å².